The predicted octanol–water partition coefficient (Wildman–Crippen LogP) is 4.47. The summed E-state index contributed by atoms with van der Waals surface area (Å²) in [7, 11) is 1.91. The van der Waals surface area contributed by atoms with E-state index in [1.54, 1.807) is 12.1 Å². The van der Waals surface area contributed by atoms with Crippen molar-refractivity contribution in [3.8, 4) is 0 Å². The van der Waals surface area contributed by atoms with E-state index in [1.807, 2.05) is 7.05 Å². The van der Waals surface area contributed by atoms with Gasteiger partial charge in [-0.25, -0.2) is 4.39 Å². The average Bonchev–Trinajstić information content (AvgIpc) is 2.41. The molecular formula is C18H21ClFN. The van der Waals surface area contributed by atoms with Crippen LogP contribution in [0.1, 0.15) is 22.3 Å². The van der Waals surface area contributed by atoms with Crippen LogP contribution >= 0.6 is 11.6 Å². The van der Waals surface area contributed by atoms with E-state index in [4.69, 9.17) is 11.6 Å². The Balaban J connectivity index is 2.14. The van der Waals surface area contributed by atoms with E-state index in [0.29, 0.717) is 17.0 Å². The van der Waals surface area contributed by atoms with E-state index >= 15 is 0 Å². The average molecular weight is 306 g/mol. The zero-order valence-corrected chi connectivity index (χ0v) is 13.5. The second kappa shape index (κ2) is 7.06. The lowest BCUT2D eigenvalue weighted by Gasteiger charge is -2.18. The first-order valence-electron chi connectivity index (χ1n) is 7.16. The minimum atomic E-state index is -0.194. The number of nitrogens with one attached hydrogen (secondary N) is 1. The number of rotatable bonds is 5. The third-order valence-corrected chi connectivity index (χ3v) is 3.88. The standard InChI is InChI=1S/C18H21ClFN/c1-12-6-13(2)8-14(7-12)9-17(21-3)11-15-10-16(19)4-5-18(15)20/h4-8,10,17,21H,9,11H2,1-3H3. The lowest BCUT2D eigenvalue weighted by atomic mass is 9.96. The van der Waals surface area contributed by atoms with E-state index < -0.39 is 0 Å². The van der Waals surface area contributed by atoms with Crippen LogP contribution in [0.5, 0.6) is 0 Å². The molecule has 2 aromatic rings. The van der Waals surface area contributed by atoms with Crippen molar-refractivity contribution in [1.29, 1.82) is 0 Å². The van der Waals surface area contributed by atoms with E-state index in [-0.39, 0.29) is 11.9 Å². The third kappa shape index (κ3) is 4.55. The van der Waals surface area contributed by atoms with Crippen molar-refractivity contribution in [2.75, 3.05) is 7.05 Å². The molecule has 0 saturated heterocycles. The van der Waals surface area contributed by atoms with Gasteiger partial charge >= 0.3 is 0 Å². The van der Waals surface area contributed by atoms with Crippen molar-refractivity contribution in [3.63, 3.8) is 0 Å². The summed E-state index contributed by atoms with van der Waals surface area (Å²) in [5, 5.41) is 3.85. The third-order valence-electron chi connectivity index (χ3n) is 3.65. The zero-order chi connectivity index (χ0) is 15.4. The summed E-state index contributed by atoms with van der Waals surface area (Å²) in [6.45, 7) is 4.20. The predicted molar refractivity (Wildman–Crippen MR) is 87.6 cm³/mol. The van der Waals surface area contributed by atoms with Crippen LogP contribution in [-0.4, -0.2) is 13.1 Å². The number of hydrogen-bond donors (Lipinski definition) is 1. The molecule has 0 aliphatic carbocycles. The first kappa shape index (κ1) is 16.0. The van der Waals surface area contributed by atoms with Crippen LogP contribution < -0.4 is 5.32 Å². The van der Waals surface area contributed by atoms with Gasteiger partial charge in [-0.1, -0.05) is 40.9 Å². The summed E-state index contributed by atoms with van der Waals surface area (Å²) in [6, 6.07) is 11.4. The minimum absolute atomic E-state index is 0.180. The van der Waals surface area contributed by atoms with E-state index in [1.165, 1.54) is 22.8 Å². The van der Waals surface area contributed by atoms with Crippen LogP contribution in [0.25, 0.3) is 0 Å². The summed E-state index contributed by atoms with van der Waals surface area (Å²) in [5.74, 6) is -0.194. The minimum Gasteiger partial charge on any atom is -0.316 e. The first-order valence-corrected chi connectivity index (χ1v) is 7.54. The van der Waals surface area contributed by atoms with Gasteiger partial charge in [-0.05, 0) is 63.1 Å². The van der Waals surface area contributed by atoms with Gasteiger partial charge in [-0.15, -0.1) is 0 Å². The second-order valence-corrected chi connectivity index (χ2v) is 6.06. The van der Waals surface area contributed by atoms with Gasteiger partial charge in [-0.2, -0.15) is 0 Å². The molecule has 0 radical (unpaired) electrons. The molecule has 0 bridgehead atoms. The lowest BCUT2D eigenvalue weighted by molar-refractivity contribution is 0.532. The summed E-state index contributed by atoms with van der Waals surface area (Å²) in [5.41, 5.74) is 4.45. The maximum atomic E-state index is 13.8. The van der Waals surface area contributed by atoms with Gasteiger partial charge in [0.1, 0.15) is 5.82 Å². The smallest absolute Gasteiger partial charge is 0.126 e. The highest BCUT2D eigenvalue weighted by atomic mass is 35.5. The number of likely N-dealkylation sites (N-methyl/N-ethyl adjacent to an activating group) is 1. The molecule has 1 nitrogen and oxygen atoms in total. The molecule has 2 aromatic carbocycles. The van der Waals surface area contributed by atoms with Crippen LogP contribution in [0.4, 0.5) is 4.39 Å². The zero-order valence-electron chi connectivity index (χ0n) is 12.7. The fraction of sp³-hybridized carbons (Fsp3) is 0.333. The number of hydrogen-bond acceptors (Lipinski definition) is 1. The molecule has 0 aliphatic rings. The Morgan fingerprint density at radius 1 is 1.05 bits per heavy atom. The maximum Gasteiger partial charge on any atom is 0.126 e. The SMILES string of the molecule is CNC(Cc1cc(C)cc(C)c1)Cc1cc(Cl)ccc1F. The summed E-state index contributed by atoms with van der Waals surface area (Å²) in [4.78, 5) is 0. The van der Waals surface area contributed by atoms with Crippen LogP contribution in [0, 0.1) is 19.7 Å². The highest BCUT2D eigenvalue weighted by Gasteiger charge is 2.12. The highest BCUT2D eigenvalue weighted by molar-refractivity contribution is 6.30. The Morgan fingerprint density at radius 2 is 1.71 bits per heavy atom. The van der Waals surface area contributed by atoms with Crippen molar-refractivity contribution >= 4 is 11.6 Å². The highest BCUT2D eigenvalue weighted by Crippen LogP contribution is 2.18. The Bertz CT molecular complexity index is 604. The number of benzene rings is 2. The normalized spacial score (nSPS) is 12.4. The van der Waals surface area contributed by atoms with Crippen LogP contribution in [0.15, 0.2) is 36.4 Å². The van der Waals surface area contributed by atoms with Crippen LogP contribution in [-0.2, 0) is 12.8 Å². The monoisotopic (exact) mass is 305 g/mol. The van der Waals surface area contributed by atoms with E-state index in [0.717, 1.165) is 6.42 Å². The molecule has 1 atom stereocenters. The molecule has 1 unspecified atom stereocenters. The molecule has 0 saturated carbocycles. The Labute approximate surface area is 131 Å². The van der Waals surface area contributed by atoms with Crippen molar-refractivity contribution < 1.29 is 4.39 Å². The molecule has 2 rings (SSSR count). The molecule has 112 valence electrons. The van der Waals surface area contributed by atoms with Gasteiger partial charge in [-0.3, -0.25) is 0 Å². The first-order chi connectivity index (χ1) is 9.97. The molecule has 0 aliphatic heterocycles. The van der Waals surface area contributed by atoms with Crippen molar-refractivity contribution in [3.05, 3.63) is 69.5 Å². The van der Waals surface area contributed by atoms with Gasteiger partial charge in [0.05, 0.1) is 0 Å². The Morgan fingerprint density at radius 3 is 2.33 bits per heavy atom. The van der Waals surface area contributed by atoms with Crippen LogP contribution in [0.2, 0.25) is 5.02 Å². The van der Waals surface area contributed by atoms with E-state index in [9.17, 15) is 4.39 Å². The fourth-order valence-electron chi connectivity index (χ4n) is 2.71. The molecule has 0 heterocycles. The van der Waals surface area contributed by atoms with Gasteiger partial charge in [0.15, 0.2) is 0 Å². The fourth-order valence-corrected chi connectivity index (χ4v) is 2.91. The molecular weight excluding hydrogens is 285 g/mol. The summed E-state index contributed by atoms with van der Waals surface area (Å²) < 4.78 is 13.8. The van der Waals surface area contributed by atoms with Gasteiger partial charge < -0.3 is 5.32 Å². The summed E-state index contributed by atoms with van der Waals surface area (Å²) in [6.07, 6.45) is 1.49. The molecule has 0 spiro atoms. The number of halogens is 2. The maximum absolute atomic E-state index is 13.8. The summed E-state index contributed by atoms with van der Waals surface area (Å²) >= 11 is 5.96. The molecule has 1 N–H and O–H groups in total. The largest absolute Gasteiger partial charge is 0.316 e. The molecule has 3 heteroatoms. The quantitative estimate of drug-likeness (QED) is 0.859. The van der Waals surface area contributed by atoms with E-state index in [2.05, 4.69) is 37.4 Å². The van der Waals surface area contributed by atoms with Gasteiger partial charge in [0, 0.05) is 11.1 Å². The Kier molecular flexibility index (Phi) is 5.38. The van der Waals surface area contributed by atoms with Crippen molar-refractivity contribution in [2.45, 2.75) is 32.7 Å². The topological polar surface area (TPSA) is 12.0 Å². The van der Waals surface area contributed by atoms with Gasteiger partial charge in [0.25, 0.3) is 0 Å². The number of aryl methyl sites for hydroxylation is 2. The molecule has 0 amide bonds. The van der Waals surface area contributed by atoms with Crippen molar-refractivity contribution in [1.82, 2.24) is 5.32 Å². The van der Waals surface area contributed by atoms with Crippen molar-refractivity contribution in [2.24, 2.45) is 0 Å². The second-order valence-electron chi connectivity index (χ2n) is 5.63. The van der Waals surface area contributed by atoms with Crippen LogP contribution in [0.3, 0.4) is 0 Å². The van der Waals surface area contributed by atoms with Gasteiger partial charge in [0.2, 0.25) is 0 Å². The Hall–Kier alpha value is -1.38. The lowest BCUT2D eigenvalue weighted by Crippen LogP contribution is -2.30. The molecule has 21 heavy (non-hydrogen) atoms. The molecule has 0 fully saturated rings. The molecule has 0 aromatic heterocycles.